The maximum atomic E-state index is 13.4. The van der Waals surface area contributed by atoms with E-state index in [2.05, 4.69) is 9.88 Å². The van der Waals surface area contributed by atoms with Gasteiger partial charge in [-0.3, -0.25) is 9.88 Å². The van der Waals surface area contributed by atoms with Gasteiger partial charge in [0.25, 0.3) is 0 Å². The summed E-state index contributed by atoms with van der Waals surface area (Å²) < 4.78 is 19.9. The van der Waals surface area contributed by atoms with Crippen molar-refractivity contribution in [3.8, 4) is 0 Å². The molecule has 5 nitrogen and oxygen atoms in total. The Kier molecular flexibility index (Phi) is 6.70. The highest BCUT2D eigenvalue weighted by atomic mass is 19.1. The average molecular weight is 420 g/mol. The Morgan fingerprint density at radius 1 is 1.03 bits per heavy atom. The molecule has 1 atom stereocenters. The molecule has 1 aliphatic rings. The molecule has 3 aromatic rings. The fourth-order valence-corrected chi connectivity index (χ4v) is 3.98. The molecule has 0 aliphatic carbocycles. The molecule has 0 saturated carbocycles. The van der Waals surface area contributed by atoms with Gasteiger partial charge in [-0.1, -0.05) is 42.5 Å². The predicted octanol–water partition coefficient (Wildman–Crippen LogP) is 4.69. The molecular formula is C25H25FN2O3. The maximum Gasteiger partial charge on any atom is 0.337 e. The van der Waals surface area contributed by atoms with Gasteiger partial charge in [0, 0.05) is 25.8 Å². The Morgan fingerprint density at radius 3 is 2.39 bits per heavy atom. The smallest absolute Gasteiger partial charge is 0.337 e. The van der Waals surface area contributed by atoms with E-state index in [0.29, 0.717) is 12.2 Å². The zero-order valence-electron chi connectivity index (χ0n) is 17.2. The first-order valence-electron chi connectivity index (χ1n) is 10.5. The third-order valence-corrected chi connectivity index (χ3v) is 5.63. The second kappa shape index (κ2) is 9.81. The summed E-state index contributed by atoms with van der Waals surface area (Å²) in [6, 6.07) is 19.7. The van der Waals surface area contributed by atoms with Gasteiger partial charge in [0.05, 0.1) is 17.4 Å². The van der Waals surface area contributed by atoms with Gasteiger partial charge in [0.1, 0.15) is 11.9 Å². The zero-order valence-corrected chi connectivity index (χ0v) is 17.2. The number of benzene rings is 2. The lowest BCUT2D eigenvalue weighted by atomic mass is 10.00. The molecule has 4 rings (SSSR count). The van der Waals surface area contributed by atoms with E-state index >= 15 is 0 Å². The Balaban J connectivity index is 1.42. The summed E-state index contributed by atoms with van der Waals surface area (Å²) in [4.78, 5) is 17.9. The number of aromatic nitrogens is 1. The minimum atomic E-state index is -0.952. The molecule has 0 bridgehead atoms. The number of carboxylic acid groups (broad SMARTS) is 1. The monoisotopic (exact) mass is 420 g/mol. The van der Waals surface area contributed by atoms with Crippen molar-refractivity contribution in [2.75, 3.05) is 13.1 Å². The van der Waals surface area contributed by atoms with Crippen LogP contribution in [-0.2, 0) is 11.3 Å². The number of piperidine rings is 1. The summed E-state index contributed by atoms with van der Waals surface area (Å²) in [5, 5.41) is 9.37. The van der Waals surface area contributed by atoms with Gasteiger partial charge in [-0.25, -0.2) is 9.18 Å². The summed E-state index contributed by atoms with van der Waals surface area (Å²) in [6.07, 6.45) is 3.10. The summed E-state index contributed by atoms with van der Waals surface area (Å²) in [6.45, 7) is 2.10. The molecule has 1 unspecified atom stereocenters. The fraction of sp³-hybridized carbons (Fsp3) is 0.280. The molecule has 2 aromatic carbocycles. The molecule has 1 aromatic heterocycles. The Bertz CT molecular complexity index is 1000. The van der Waals surface area contributed by atoms with Crippen molar-refractivity contribution >= 4 is 5.97 Å². The predicted molar refractivity (Wildman–Crippen MR) is 115 cm³/mol. The van der Waals surface area contributed by atoms with Crippen LogP contribution in [0.5, 0.6) is 0 Å². The fourth-order valence-electron chi connectivity index (χ4n) is 3.98. The van der Waals surface area contributed by atoms with E-state index in [0.717, 1.165) is 37.1 Å². The molecular weight excluding hydrogens is 395 g/mol. The lowest BCUT2D eigenvalue weighted by Gasteiger charge is -2.34. The number of aromatic carboxylic acids is 1. The van der Waals surface area contributed by atoms with Crippen molar-refractivity contribution < 1.29 is 19.0 Å². The molecule has 0 spiro atoms. The van der Waals surface area contributed by atoms with Gasteiger partial charge >= 0.3 is 5.97 Å². The second-order valence-electron chi connectivity index (χ2n) is 7.76. The Labute approximate surface area is 181 Å². The quantitative estimate of drug-likeness (QED) is 0.601. The lowest BCUT2D eigenvalue weighted by Crippen LogP contribution is -2.37. The number of rotatable bonds is 7. The molecule has 2 heterocycles. The molecule has 1 fully saturated rings. The van der Waals surface area contributed by atoms with Crippen LogP contribution in [0.15, 0.2) is 72.9 Å². The van der Waals surface area contributed by atoms with E-state index in [1.807, 2.05) is 30.3 Å². The minimum absolute atomic E-state index is 0.0641. The number of halogens is 1. The third-order valence-electron chi connectivity index (χ3n) is 5.63. The number of nitrogens with zero attached hydrogens (tertiary/aromatic N) is 2. The molecule has 1 N–H and O–H groups in total. The largest absolute Gasteiger partial charge is 0.478 e. The number of carboxylic acids is 1. The van der Waals surface area contributed by atoms with Crippen molar-refractivity contribution in [3.63, 3.8) is 0 Å². The second-order valence-corrected chi connectivity index (χ2v) is 7.76. The van der Waals surface area contributed by atoms with Crippen LogP contribution < -0.4 is 0 Å². The molecule has 31 heavy (non-hydrogen) atoms. The van der Waals surface area contributed by atoms with Crippen molar-refractivity contribution in [3.05, 3.63) is 101 Å². The van der Waals surface area contributed by atoms with Gasteiger partial charge in [0.2, 0.25) is 0 Å². The summed E-state index contributed by atoms with van der Waals surface area (Å²) in [5.74, 6) is -1.22. The highest BCUT2D eigenvalue weighted by Crippen LogP contribution is 2.30. The maximum absolute atomic E-state index is 13.4. The Hall–Kier alpha value is -3.09. The van der Waals surface area contributed by atoms with E-state index in [1.54, 1.807) is 30.5 Å². The number of hydrogen-bond acceptors (Lipinski definition) is 4. The first-order valence-corrected chi connectivity index (χ1v) is 10.5. The van der Waals surface area contributed by atoms with Crippen molar-refractivity contribution in [1.82, 2.24) is 9.88 Å². The third kappa shape index (κ3) is 5.34. The standard InChI is InChI=1S/C25H25FN2O3/c26-20-10-8-19(9-11-20)24(18-5-2-1-3-6-18)31-21-12-15-28(16-13-21)17-23-22(25(29)30)7-4-14-27-23/h1-11,14,21,24H,12-13,15-17H2,(H,29,30). The number of ether oxygens (including phenoxy) is 1. The molecule has 160 valence electrons. The van der Waals surface area contributed by atoms with Crippen LogP contribution in [0.3, 0.4) is 0 Å². The Morgan fingerprint density at radius 2 is 1.71 bits per heavy atom. The molecule has 6 heteroatoms. The van der Waals surface area contributed by atoms with Gasteiger partial charge < -0.3 is 9.84 Å². The molecule has 0 radical (unpaired) electrons. The number of likely N-dealkylation sites (tertiary alicyclic amines) is 1. The summed E-state index contributed by atoms with van der Waals surface area (Å²) >= 11 is 0. The van der Waals surface area contributed by atoms with Crippen molar-refractivity contribution in [1.29, 1.82) is 0 Å². The van der Waals surface area contributed by atoms with Gasteiger partial charge in [0.15, 0.2) is 0 Å². The van der Waals surface area contributed by atoms with Crippen molar-refractivity contribution in [2.24, 2.45) is 0 Å². The normalized spacial score (nSPS) is 16.2. The summed E-state index contributed by atoms with van der Waals surface area (Å²) in [7, 11) is 0. The van der Waals surface area contributed by atoms with E-state index in [4.69, 9.17) is 4.74 Å². The van der Waals surface area contributed by atoms with Crippen LogP contribution in [0.2, 0.25) is 0 Å². The van der Waals surface area contributed by atoms with Crippen LogP contribution >= 0.6 is 0 Å². The highest BCUT2D eigenvalue weighted by Gasteiger charge is 2.26. The van der Waals surface area contributed by atoms with E-state index in [-0.39, 0.29) is 23.6 Å². The van der Waals surface area contributed by atoms with Crippen LogP contribution in [0.25, 0.3) is 0 Å². The topological polar surface area (TPSA) is 62.7 Å². The van der Waals surface area contributed by atoms with Crippen LogP contribution in [0.1, 0.15) is 46.1 Å². The number of pyridine rings is 1. The number of carbonyl (C=O) groups is 1. The minimum Gasteiger partial charge on any atom is -0.478 e. The van der Waals surface area contributed by atoms with Gasteiger partial charge in [-0.2, -0.15) is 0 Å². The molecule has 0 amide bonds. The van der Waals surface area contributed by atoms with Crippen LogP contribution in [-0.4, -0.2) is 40.2 Å². The lowest BCUT2D eigenvalue weighted by molar-refractivity contribution is -0.0283. The molecule has 1 saturated heterocycles. The number of hydrogen-bond donors (Lipinski definition) is 1. The van der Waals surface area contributed by atoms with Gasteiger partial charge in [-0.15, -0.1) is 0 Å². The van der Waals surface area contributed by atoms with E-state index in [9.17, 15) is 14.3 Å². The summed E-state index contributed by atoms with van der Waals surface area (Å²) in [5.41, 5.74) is 2.80. The first kappa shape index (κ1) is 21.2. The molecule has 1 aliphatic heterocycles. The first-order chi connectivity index (χ1) is 15.1. The van der Waals surface area contributed by atoms with Gasteiger partial charge in [-0.05, 0) is 48.2 Å². The van der Waals surface area contributed by atoms with Crippen molar-refractivity contribution in [2.45, 2.75) is 31.6 Å². The van der Waals surface area contributed by atoms with E-state index < -0.39 is 5.97 Å². The highest BCUT2D eigenvalue weighted by molar-refractivity contribution is 5.88. The average Bonchev–Trinajstić information content (AvgIpc) is 2.80. The van der Waals surface area contributed by atoms with Crippen LogP contribution in [0.4, 0.5) is 4.39 Å². The van der Waals surface area contributed by atoms with E-state index in [1.165, 1.54) is 12.1 Å². The SMILES string of the molecule is O=C(O)c1cccnc1CN1CCC(OC(c2ccccc2)c2ccc(F)cc2)CC1. The van der Waals surface area contributed by atoms with Crippen LogP contribution in [0, 0.1) is 5.82 Å². The zero-order chi connectivity index (χ0) is 21.6.